The standard InChI is InChI=1S/C19H28N6S.HI/c1-3-20-18(21-13-17-23-15-24-25(17)2)22-14-19(11-7-8-12-19)26-16-9-5-4-6-10-16;/h4-6,9-10,15H,3,7-8,11-14H2,1-2H3,(H2,20,21,22);1H. The molecule has 0 unspecified atom stereocenters. The van der Waals surface area contributed by atoms with Crippen LogP contribution in [0.3, 0.4) is 0 Å². The van der Waals surface area contributed by atoms with E-state index in [1.54, 1.807) is 11.0 Å². The first-order valence-electron chi connectivity index (χ1n) is 9.30. The van der Waals surface area contributed by atoms with Crippen LogP contribution in [0.15, 0.2) is 46.5 Å². The molecule has 0 saturated heterocycles. The molecular formula is C19H29IN6S. The molecule has 0 atom stereocenters. The number of rotatable bonds is 7. The number of aromatic nitrogens is 3. The highest BCUT2D eigenvalue weighted by molar-refractivity contribution is 14.0. The summed E-state index contributed by atoms with van der Waals surface area (Å²) in [5.74, 6) is 1.70. The topological polar surface area (TPSA) is 67.1 Å². The molecule has 1 aromatic carbocycles. The van der Waals surface area contributed by atoms with E-state index in [2.05, 4.69) is 63.0 Å². The maximum atomic E-state index is 4.68. The first kappa shape index (κ1) is 22.0. The van der Waals surface area contributed by atoms with Gasteiger partial charge in [0.1, 0.15) is 18.7 Å². The van der Waals surface area contributed by atoms with Crippen molar-refractivity contribution in [2.75, 3.05) is 13.1 Å². The van der Waals surface area contributed by atoms with Crippen molar-refractivity contribution in [1.29, 1.82) is 0 Å². The van der Waals surface area contributed by atoms with Crippen LogP contribution in [0.4, 0.5) is 0 Å². The predicted molar refractivity (Wildman–Crippen MR) is 123 cm³/mol. The molecule has 0 radical (unpaired) electrons. The second-order valence-corrected chi connectivity index (χ2v) is 8.20. The molecule has 0 spiro atoms. The minimum atomic E-state index is 0. The average molecular weight is 500 g/mol. The smallest absolute Gasteiger partial charge is 0.191 e. The fourth-order valence-electron chi connectivity index (χ4n) is 3.27. The van der Waals surface area contributed by atoms with Gasteiger partial charge in [-0.3, -0.25) is 4.68 Å². The molecule has 0 bridgehead atoms. The van der Waals surface area contributed by atoms with Crippen molar-refractivity contribution >= 4 is 41.7 Å². The number of benzene rings is 1. The Labute approximate surface area is 183 Å². The maximum Gasteiger partial charge on any atom is 0.191 e. The highest BCUT2D eigenvalue weighted by atomic mass is 127. The number of aliphatic imine (C=N–C) groups is 1. The minimum Gasteiger partial charge on any atom is -0.357 e. The Morgan fingerprint density at radius 3 is 2.59 bits per heavy atom. The van der Waals surface area contributed by atoms with Gasteiger partial charge < -0.3 is 10.6 Å². The minimum absolute atomic E-state index is 0. The van der Waals surface area contributed by atoms with Crippen LogP contribution in [0, 0.1) is 0 Å². The van der Waals surface area contributed by atoms with Gasteiger partial charge in [-0.2, -0.15) is 5.10 Å². The van der Waals surface area contributed by atoms with Gasteiger partial charge in [-0.1, -0.05) is 31.0 Å². The highest BCUT2D eigenvalue weighted by Crippen LogP contribution is 2.44. The zero-order valence-corrected chi connectivity index (χ0v) is 19.2. The molecule has 1 saturated carbocycles. The molecule has 1 heterocycles. The lowest BCUT2D eigenvalue weighted by Crippen LogP contribution is -2.44. The van der Waals surface area contributed by atoms with E-state index in [0.29, 0.717) is 6.54 Å². The van der Waals surface area contributed by atoms with Crippen LogP contribution < -0.4 is 10.6 Å². The second-order valence-electron chi connectivity index (χ2n) is 6.65. The molecule has 8 heteroatoms. The second kappa shape index (κ2) is 10.9. The van der Waals surface area contributed by atoms with Gasteiger partial charge in [0.25, 0.3) is 0 Å². The molecule has 2 N–H and O–H groups in total. The lowest BCUT2D eigenvalue weighted by atomic mass is 10.1. The number of aryl methyl sites for hydroxylation is 1. The summed E-state index contributed by atoms with van der Waals surface area (Å²) in [7, 11) is 1.89. The van der Waals surface area contributed by atoms with Crippen molar-refractivity contribution in [2.24, 2.45) is 12.0 Å². The van der Waals surface area contributed by atoms with Gasteiger partial charge in [-0.15, -0.1) is 35.7 Å². The zero-order valence-electron chi connectivity index (χ0n) is 16.0. The predicted octanol–water partition coefficient (Wildman–Crippen LogP) is 3.59. The molecule has 0 aliphatic heterocycles. The summed E-state index contributed by atoms with van der Waals surface area (Å²) in [6, 6.07) is 10.7. The van der Waals surface area contributed by atoms with Crippen molar-refractivity contribution in [3.63, 3.8) is 0 Å². The quantitative estimate of drug-likeness (QED) is 0.346. The van der Waals surface area contributed by atoms with E-state index in [1.165, 1.54) is 30.6 Å². The molecule has 6 nitrogen and oxygen atoms in total. The van der Waals surface area contributed by atoms with Crippen molar-refractivity contribution in [3.8, 4) is 0 Å². The number of hydrogen-bond acceptors (Lipinski definition) is 4. The van der Waals surface area contributed by atoms with Crippen molar-refractivity contribution in [1.82, 2.24) is 25.4 Å². The third-order valence-electron chi connectivity index (χ3n) is 4.70. The molecule has 27 heavy (non-hydrogen) atoms. The molecule has 3 rings (SSSR count). The molecule has 1 aliphatic carbocycles. The van der Waals surface area contributed by atoms with E-state index < -0.39 is 0 Å². The Bertz CT molecular complexity index is 712. The molecule has 1 fully saturated rings. The van der Waals surface area contributed by atoms with E-state index >= 15 is 0 Å². The SMILES string of the molecule is CCNC(=NCc1ncnn1C)NCC1(Sc2ccccc2)CCCC1.I. The van der Waals surface area contributed by atoms with Crippen LogP contribution in [0.2, 0.25) is 0 Å². The number of thioether (sulfide) groups is 1. The maximum absolute atomic E-state index is 4.68. The Balaban J connectivity index is 0.00000261. The van der Waals surface area contributed by atoms with Gasteiger partial charge in [0.2, 0.25) is 0 Å². The monoisotopic (exact) mass is 500 g/mol. The van der Waals surface area contributed by atoms with Gasteiger partial charge in [0, 0.05) is 29.8 Å². The van der Waals surface area contributed by atoms with Crippen LogP contribution in [0.1, 0.15) is 38.4 Å². The first-order valence-corrected chi connectivity index (χ1v) is 10.1. The Kier molecular flexibility index (Phi) is 8.88. The van der Waals surface area contributed by atoms with Crippen molar-refractivity contribution in [2.45, 2.75) is 48.8 Å². The van der Waals surface area contributed by atoms with Gasteiger partial charge in [-0.05, 0) is 31.9 Å². The van der Waals surface area contributed by atoms with Crippen LogP contribution in [0.5, 0.6) is 0 Å². The molecule has 148 valence electrons. The Morgan fingerprint density at radius 2 is 1.96 bits per heavy atom. The number of hydrogen-bond donors (Lipinski definition) is 2. The fourth-order valence-corrected chi connectivity index (χ4v) is 4.70. The Hall–Kier alpha value is -1.29. The largest absolute Gasteiger partial charge is 0.357 e. The number of nitrogens with zero attached hydrogens (tertiary/aromatic N) is 4. The van der Waals surface area contributed by atoms with Crippen molar-refractivity contribution in [3.05, 3.63) is 42.5 Å². The van der Waals surface area contributed by atoms with Gasteiger partial charge in [0.05, 0.1) is 0 Å². The molecule has 1 aliphatic rings. The lowest BCUT2D eigenvalue weighted by Gasteiger charge is -2.29. The molecular weight excluding hydrogens is 471 g/mol. The highest BCUT2D eigenvalue weighted by Gasteiger charge is 2.35. The summed E-state index contributed by atoms with van der Waals surface area (Å²) in [6.07, 6.45) is 6.64. The van der Waals surface area contributed by atoms with Crippen LogP contribution in [-0.2, 0) is 13.6 Å². The van der Waals surface area contributed by atoms with Gasteiger partial charge >= 0.3 is 0 Å². The number of halogens is 1. The molecule has 0 amide bonds. The number of guanidine groups is 1. The lowest BCUT2D eigenvalue weighted by molar-refractivity contribution is 0.582. The van der Waals surface area contributed by atoms with E-state index in [4.69, 9.17) is 0 Å². The summed E-state index contributed by atoms with van der Waals surface area (Å²) in [5, 5.41) is 11.0. The van der Waals surface area contributed by atoms with Crippen LogP contribution >= 0.6 is 35.7 Å². The molecule has 2 aromatic rings. The third kappa shape index (κ3) is 6.38. The van der Waals surface area contributed by atoms with E-state index in [-0.39, 0.29) is 28.7 Å². The van der Waals surface area contributed by atoms with Gasteiger partial charge in [0.15, 0.2) is 5.96 Å². The van der Waals surface area contributed by atoms with E-state index in [1.807, 2.05) is 18.8 Å². The summed E-state index contributed by atoms with van der Waals surface area (Å²) < 4.78 is 2.00. The summed E-state index contributed by atoms with van der Waals surface area (Å²) in [6.45, 7) is 4.36. The average Bonchev–Trinajstić information content (AvgIpc) is 3.28. The Morgan fingerprint density at radius 1 is 1.22 bits per heavy atom. The van der Waals surface area contributed by atoms with Crippen molar-refractivity contribution < 1.29 is 0 Å². The van der Waals surface area contributed by atoms with Crippen LogP contribution in [-0.4, -0.2) is 38.6 Å². The zero-order chi connectivity index (χ0) is 18.2. The first-order chi connectivity index (χ1) is 12.7. The fraction of sp³-hybridized carbons (Fsp3) is 0.526. The number of nitrogens with one attached hydrogen (secondary N) is 2. The summed E-state index contributed by atoms with van der Waals surface area (Å²) in [5.41, 5.74) is 0. The van der Waals surface area contributed by atoms with Crippen LogP contribution in [0.25, 0.3) is 0 Å². The summed E-state index contributed by atoms with van der Waals surface area (Å²) >= 11 is 2.01. The molecule has 1 aromatic heterocycles. The third-order valence-corrected chi connectivity index (χ3v) is 6.19. The van der Waals surface area contributed by atoms with Gasteiger partial charge in [-0.25, -0.2) is 9.98 Å². The summed E-state index contributed by atoms with van der Waals surface area (Å²) in [4.78, 5) is 10.3. The van der Waals surface area contributed by atoms with E-state index in [9.17, 15) is 0 Å². The normalized spacial score (nSPS) is 16.0. The van der Waals surface area contributed by atoms with E-state index in [0.717, 1.165) is 24.9 Å².